The SMILES string of the molecule is O=C(c1cc(Cl)c[nH]1)N1CCN(c2ccc(C(F)(F)F)cc2[N+](=O)[O-])CC1. The largest absolute Gasteiger partial charge is 0.416 e. The van der Waals surface area contributed by atoms with Crippen molar-refractivity contribution < 1.29 is 22.9 Å². The molecule has 1 N–H and O–H groups in total. The van der Waals surface area contributed by atoms with Gasteiger partial charge in [-0.15, -0.1) is 0 Å². The molecule has 144 valence electrons. The summed E-state index contributed by atoms with van der Waals surface area (Å²) in [5.41, 5.74) is -1.26. The second-order valence-electron chi connectivity index (χ2n) is 5.97. The predicted molar refractivity (Wildman–Crippen MR) is 92.0 cm³/mol. The number of hydrogen-bond acceptors (Lipinski definition) is 4. The Kier molecular flexibility index (Phi) is 5.01. The molecule has 0 radical (unpaired) electrons. The molecule has 1 aliphatic heterocycles. The zero-order valence-electron chi connectivity index (χ0n) is 13.8. The number of carbonyl (C=O) groups is 1. The van der Waals surface area contributed by atoms with E-state index in [2.05, 4.69) is 4.98 Å². The lowest BCUT2D eigenvalue weighted by atomic mass is 10.1. The van der Waals surface area contributed by atoms with E-state index in [4.69, 9.17) is 11.6 Å². The summed E-state index contributed by atoms with van der Waals surface area (Å²) in [6.07, 6.45) is -3.18. The Balaban J connectivity index is 1.76. The first-order valence-corrected chi connectivity index (χ1v) is 8.28. The number of anilines is 1. The maximum absolute atomic E-state index is 12.8. The number of nitrogens with zero attached hydrogens (tertiary/aromatic N) is 3. The molecule has 2 aromatic rings. The number of nitrogens with one attached hydrogen (secondary N) is 1. The number of piperazine rings is 1. The molecule has 0 atom stereocenters. The highest BCUT2D eigenvalue weighted by Crippen LogP contribution is 2.36. The van der Waals surface area contributed by atoms with Crippen molar-refractivity contribution in [3.05, 3.63) is 56.9 Å². The number of halogens is 4. The molecule has 0 bridgehead atoms. The fraction of sp³-hybridized carbons (Fsp3) is 0.312. The van der Waals surface area contributed by atoms with Crippen molar-refractivity contribution in [1.82, 2.24) is 9.88 Å². The summed E-state index contributed by atoms with van der Waals surface area (Å²) in [7, 11) is 0. The zero-order chi connectivity index (χ0) is 19.8. The molecule has 0 spiro atoms. The first-order valence-electron chi connectivity index (χ1n) is 7.90. The van der Waals surface area contributed by atoms with Gasteiger partial charge in [-0.2, -0.15) is 13.2 Å². The Morgan fingerprint density at radius 1 is 1.19 bits per heavy atom. The van der Waals surface area contributed by atoms with E-state index in [0.717, 1.165) is 12.1 Å². The van der Waals surface area contributed by atoms with Crippen LogP contribution in [0.25, 0.3) is 0 Å². The van der Waals surface area contributed by atoms with Gasteiger partial charge in [-0.25, -0.2) is 0 Å². The van der Waals surface area contributed by atoms with Crippen LogP contribution >= 0.6 is 11.6 Å². The Hall–Kier alpha value is -2.75. The molecular weight excluding hydrogens is 389 g/mol. The van der Waals surface area contributed by atoms with Crippen molar-refractivity contribution >= 4 is 28.9 Å². The monoisotopic (exact) mass is 402 g/mol. The Bertz CT molecular complexity index is 876. The molecule has 1 aliphatic rings. The number of aromatic nitrogens is 1. The maximum atomic E-state index is 12.8. The average Bonchev–Trinajstić information content (AvgIpc) is 3.06. The van der Waals surface area contributed by atoms with E-state index in [1.54, 1.807) is 9.80 Å². The van der Waals surface area contributed by atoms with E-state index >= 15 is 0 Å². The third-order valence-corrected chi connectivity index (χ3v) is 4.50. The van der Waals surface area contributed by atoms with E-state index in [1.165, 1.54) is 12.3 Å². The van der Waals surface area contributed by atoms with Crippen LogP contribution in [-0.4, -0.2) is 46.9 Å². The van der Waals surface area contributed by atoms with Gasteiger partial charge in [0.25, 0.3) is 11.6 Å². The zero-order valence-corrected chi connectivity index (χ0v) is 14.5. The van der Waals surface area contributed by atoms with Gasteiger partial charge in [0.2, 0.25) is 0 Å². The molecule has 2 heterocycles. The molecule has 1 fully saturated rings. The van der Waals surface area contributed by atoms with Gasteiger partial charge in [-0.05, 0) is 18.2 Å². The van der Waals surface area contributed by atoms with Gasteiger partial charge in [0.05, 0.1) is 15.5 Å². The van der Waals surface area contributed by atoms with Gasteiger partial charge in [0.1, 0.15) is 11.4 Å². The van der Waals surface area contributed by atoms with Gasteiger partial charge < -0.3 is 14.8 Å². The van der Waals surface area contributed by atoms with Crippen molar-refractivity contribution in [2.75, 3.05) is 31.1 Å². The average molecular weight is 403 g/mol. The number of nitro groups is 1. The standard InChI is InChI=1S/C16H14ClF3N4O3/c17-11-8-12(21-9-11)15(25)23-5-3-22(4-6-23)13-2-1-10(16(18,19)20)7-14(13)24(26)27/h1-2,7-9,21H,3-6H2. The quantitative estimate of drug-likeness (QED) is 0.628. The topological polar surface area (TPSA) is 82.5 Å². The highest BCUT2D eigenvalue weighted by molar-refractivity contribution is 6.30. The molecule has 0 aliphatic carbocycles. The first-order chi connectivity index (χ1) is 12.7. The number of H-pyrrole nitrogens is 1. The summed E-state index contributed by atoms with van der Waals surface area (Å²) in [5, 5.41) is 11.6. The summed E-state index contributed by atoms with van der Waals surface area (Å²) in [4.78, 5) is 28.7. The Morgan fingerprint density at radius 2 is 1.85 bits per heavy atom. The summed E-state index contributed by atoms with van der Waals surface area (Å²) in [5.74, 6) is -0.261. The molecule has 7 nitrogen and oxygen atoms in total. The number of benzene rings is 1. The van der Waals surface area contributed by atoms with Crippen molar-refractivity contribution in [2.45, 2.75) is 6.18 Å². The van der Waals surface area contributed by atoms with Crippen LogP contribution in [0.1, 0.15) is 16.1 Å². The van der Waals surface area contributed by atoms with Crippen LogP contribution in [0.5, 0.6) is 0 Å². The molecule has 0 saturated carbocycles. The molecule has 1 aromatic carbocycles. The minimum absolute atomic E-state index is 0.100. The summed E-state index contributed by atoms with van der Waals surface area (Å²) < 4.78 is 38.4. The molecule has 27 heavy (non-hydrogen) atoms. The summed E-state index contributed by atoms with van der Waals surface area (Å²) in [6.45, 7) is 1.06. The van der Waals surface area contributed by atoms with Crippen LogP contribution in [0, 0.1) is 10.1 Å². The fourth-order valence-corrected chi connectivity index (χ4v) is 3.09. The van der Waals surface area contributed by atoms with Crippen LogP contribution in [0.4, 0.5) is 24.5 Å². The van der Waals surface area contributed by atoms with Gasteiger partial charge >= 0.3 is 6.18 Å². The lowest BCUT2D eigenvalue weighted by Gasteiger charge is -2.35. The highest BCUT2D eigenvalue weighted by Gasteiger charge is 2.34. The number of hydrogen-bond donors (Lipinski definition) is 1. The smallest absolute Gasteiger partial charge is 0.362 e. The second kappa shape index (κ2) is 7.10. The van der Waals surface area contributed by atoms with Crippen LogP contribution in [-0.2, 0) is 6.18 Å². The minimum atomic E-state index is -4.66. The molecule has 3 rings (SSSR count). The van der Waals surface area contributed by atoms with Crippen molar-refractivity contribution in [3.63, 3.8) is 0 Å². The van der Waals surface area contributed by atoms with Crippen molar-refractivity contribution in [3.8, 4) is 0 Å². The van der Waals surface area contributed by atoms with Crippen LogP contribution in [0.2, 0.25) is 5.02 Å². The van der Waals surface area contributed by atoms with Gasteiger partial charge in [0.15, 0.2) is 0 Å². The van der Waals surface area contributed by atoms with Crippen molar-refractivity contribution in [2.24, 2.45) is 0 Å². The normalized spacial score (nSPS) is 15.1. The van der Waals surface area contributed by atoms with Crippen LogP contribution in [0.3, 0.4) is 0 Å². The predicted octanol–water partition coefficient (Wildman–Crippen LogP) is 3.56. The highest BCUT2D eigenvalue weighted by atomic mass is 35.5. The lowest BCUT2D eigenvalue weighted by molar-refractivity contribution is -0.384. The van der Waals surface area contributed by atoms with Crippen LogP contribution in [0.15, 0.2) is 30.5 Å². The van der Waals surface area contributed by atoms with E-state index < -0.39 is 22.4 Å². The third-order valence-electron chi connectivity index (χ3n) is 4.29. The van der Waals surface area contributed by atoms with E-state index in [-0.39, 0.29) is 37.8 Å². The minimum Gasteiger partial charge on any atom is -0.362 e. The van der Waals surface area contributed by atoms with Crippen molar-refractivity contribution in [1.29, 1.82) is 0 Å². The number of alkyl halides is 3. The molecule has 1 amide bonds. The van der Waals surface area contributed by atoms with Gasteiger partial charge in [-0.3, -0.25) is 14.9 Å². The fourth-order valence-electron chi connectivity index (χ4n) is 2.93. The van der Waals surface area contributed by atoms with Gasteiger partial charge in [-0.1, -0.05) is 11.6 Å². The number of rotatable bonds is 3. The first kappa shape index (κ1) is 19.0. The van der Waals surface area contributed by atoms with Crippen LogP contribution < -0.4 is 4.90 Å². The Morgan fingerprint density at radius 3 is 2.37 bits per heavy atom. The summed E-state index contributed by atoms with van der Waals surface area (Å²) in [6, 6.07) is 3.95. The summed E-state index contributed by atoms with van der Waals surface area (Å²) >= 11 is 5.78. The number of nitro benzene ring substituents is 1. The number of carbonyl (C=O) groups excluding carboxylic acids is 1. The lowest BCUT2D eigenvalue weighted by Crippen LogP contribution is -2.49. The second-order valence-corrected chi connectivity index (χ2v) is 6.41. The third kappa shape index (κ3) is 4.00. The molecular formula is C16H14ClF3N4O3. The number of aromatic amines is 1. The maximum Gasteiger partial charge on any atom is 0.416 e. The van der Waals surface area contributed by atoms with E-state index in [9.17, 15) is 28.1 Å². The van der Waals surface area contributed by atoms with Gasteiger partial charge in [0, 0.05) is 38.4 Å². The number of amides is 1. The molecule has 0 unspecified atom stereocenters. The van der Waals surface area contributed by atoms with E-state index in [1.807, 2.05) is 0 Å². The molecule has 1 saturated heterocycles. The molecule has 1 aromatic heterocycles. The Labute approximate surface area is 156 Å². The van der Waals surface area contributed by atoms with E-state index in [0.29, 0.717) is 16.8 Å². The molecule has 11 heteroatoms.